The summed E-state index contributed by atoms with van der Waals surface area (Å²) in [5, 5.41) is 0. The Morgan fingerprint density at radius 2 is 1.64 bits per heavy atom. The van der Waals surface area contributed by atoms with Gasteiger partial charge in [-0.25, -0.2) is 0 Å². The van der Waals surface area contributed by atoms with Crippen LogP contribution in [-0.4, -0.2) is 18.2 Å². The molecule has 0 aromatic carbocycles. The Morgan fingerprint density at radius 3 is 2.07 bits per heavy atom. The Labute approximate surface area is 86.4 Å². The molecule has 1 unspecified atom stereocenters. The van der Waals surface area contributed by atoms with Crippen LogP contribution in [0.2, 0.25) is 0 Å². The zero-order valence-electron chi connectivity index (χ0n) is 9.13. The summed E-state index contributed by atoms with van der Waals surface area (Å²) < 4.78 is 0. The number of hydrogen-bond acceptors (Lipinski definition) is 4. The van der Waals surface area contributed by atoms with Gasteiger partial charge < -0.3 is 22.9 Å². The van der Waals surface area contributed by atoms with Crippen molar-refractivity contribution < 1.29 is 0 Å². The first-order chi connectivity index (χ1) is 6.37. The van der Waals surface area contributed by atoms with Gasteiger partial charge in [0.2, 0.25) is 0 Å². The molecule has 0 heterocycles. The molecule has 1 aliphatic carbocycles. The summed E-state index contributed by atoms with van der Waals surface area (Å²) in [6.07, 6.45) is 4.89. The van der Waals surface area contributed by atoms with Gasteiger partial charge in [0.25, 0.3) is 0 Å². The van der Waals surface area contributed by atoms with Gasteiger partial charge in [-0.15, -0.1) is 0 Å². The third-order valence-corrected chi connectivity index (χ3v) is 3.45. The lowest BCUT2D eigenvalue weighted by Gasteiger charge is -2.42. The summed E-state index contributed by atoms with van der Waals surface area (Å²) in [7, 11) is 0. The van der Waals surface area contributed by atoms with E-state index in [9.17, 15) is 0 Å². The average molecular weight is 200 g/mol. The van der Waals surface area contributed by atoms with Gasteiger partial charge in [0.05, 0.1) is 5.66 Å². The van der Waals surface area contributed by atoms with Crippen LogP contribution in [0.15, 0.2) is 0 Å². The fourth-order valence-electron chi connectivity index (χ4n) is 2.24. The van der Waals surface area contributed by atoms with Crippen LogP contribution in [0.3, 0.4) is 0 Å². The van der Waals surface area contributed by atoms with E-state index in [1.54, 1.807) is 0 Å². The fourth-order valence-corrected chi connectivity index (χ4v) is 2.24. The number of nitrogens with two attached hydrogens (primary N) is 4. The highest BCUT2D eigenvalue weighted by Gasteiger charge is 2.36. The van der Waals surface area contributed by atoms with Crippen molar-refractivity contribution in [2.75, 3.05) is 6.54 Å². The lowest BCUT2D eigenvalue weighted by molar-refractivity contribution is 0.132. The molecule has 0 aromatic heterocycles. The average Bonchev–Trinajstić information content (AvgIpc) is 2.11. The van der Waals surface area contributed by atoms with E-state index >= 15 is 0 Å². The van der Waals surface area contributed by atoms with Crippen LogP contribution in [0.5, 0.6) is 0 Å². The van der Waals surface area contributed by atoms with Gasteiger partial charge in [-0.05, 0) is 37.5 Å². The molecule has 4 nitrogen and oxygen atoms in total. The van der Waals surface area contributed by atoms with E-state index in [1.165, 1.54) is 0 Å². The van der Waals surface area contributed by atoms with Gasteiger partial charge >= 0.3 is 0 Å². The minimum Gasteiger partial charge on any atom is -0.329 e. The first-order valence-corrected chi connectivity index (χ1v) is 5.40. The third-order valence-electron chi connectivity index (χ3n) is 3.45. The van der Waals surface area contributed by atoms with Gasteiger partial charge in [-0.2, -0.15) is 0 Å². The largest absolute Gasteiger partial charge is 0.329 e. The Hall–Kier alpha value is -0.160. The van der Waals surface area contributed by atoms with Crippen LogP contribution >= 0.6 is 0 Å². The molecular formula is C10H24N4. The standard InChI is InChI=1S/C10H24N4/c1-9(6-8(12)7-11)2-4-10(13,14)5-3-9/h8H,2-7,11-14H2,1H3. The summed E-state index contributed by atoms with van der Waals surface area (Å²) in [5.41, 5.74) is 23.0. The summed E-state index contributed by atoms with van der Waals surface area (Å²) in [6, 6.07) is 0.114. The lowest BCUT2D eigenvalue weighted by Crippen LogP contribution is -2.53. The molecule has 0 amide bonds. The maximum atomic E-state index is 5.88. The minimum atomic E-state index is -0.452. The van der Waals surface area contributed by atoms with E-state index in [0.717, 1.165) is 32.1 Å². The van der Waals surface area contributed by atoms with E-state index in [-0.39, 0.29) is 6.04 Å². The van der Waals surface area contributed by atoms with Crippen molar-refractivity contribution in [3.05, 3.63) is 0 Å². The van der Waals surface area contributed by atoms with Crippen molar-refractivity contribution in [3.8, 4) is 0 Å². The van der Waals surface area contributed by atoms with Crippen molar-refractivity contribution in [1.82, 2.24) is 0 Å². The Kier molecular flexibility index (Phi) is 3.53. The van der Waals surface area contributed by atoms with Crippen LogP contribution in [0.25, 0.3) is 0 Å². The molecule has 0 bridgehead atoms. The fraction of sp³-hybridized carbons (Fsp3) is 1.00. The molecule has 1 saturated carbocycles. The van der Waals surface area contributed by atoms with Crippen LogP contribution < -0.4 is 22.9 Å². The second-order valence-electron chi connectivity index (χ2n) is 5.24. The van der Waals surface area contributed by atoms with Gasteiger partial charge in [0.15, 0.2) is 0 Å². The second kappa shape index (κ2) is 4.14. The summed E-state index contributed by atoms with van der Waals surface area (Å²) in [5.74, 6) is 0. The molecule has 1 atom stereocenters. The maximum absolute atomic E-state index is 5.88. The molecule has 0 radical (unpaired) electrons. The Bertz CT molecular complexity index is 181. The van der Waals surface area contributed by atoms with Crippen LogP contribution in [0.4, 0.5) is 0 Å². The van der Waals surface area contributed by atoms with Gasteiger partial charge in [-0.1, -0.05) is 6.92 Å². The van der Waals surface area contributed by atoms with Crippen molar-refractivity contribution >= 4 is 0 Å². The molecule has 0 aliphatic heterocycles. The molecular weight excluding hydrogens is 176 g/mol. The van der Waals surface area contributed by atoms with E-state index in [1.807, 2.05) is 0 Å². The smallest absolute Gasteiger partial charge is 0.0637 e. The SMILES string of the molecule is CC1(CC(N)CN)CCC(N)(N)CC1. The molecule has 1 rings (SSSR count). The summed E-state index contributed by atoms with van der Waals surface area (Å²) in [6.45, 7) is 2.82. The predicted molar refractivity (Wildman–Crippen MR) is 59.3 cm³/mol. The molecule has 1 fully saturated rings. The van der Waals surface area contributed by atoms with Gasteiger partial charge in [-0.3, -0.25) is 0 Å². The Morgan fingerprint density at radius 1 is 1.14 bits per heavy atom. The number of rotatable bonds is 3. The monoisotopic (exact) mass is 200 g/mol. The van der Waals surface area contributed by atoms with E-state index < -0.39 is 5.66 Å². The zero-order valence-corrected chi connectivity index (χ0v) is 9.13. The van der Waals surface area contributed by atoms with Crippen molar-refractivity contribution in [1.29, 1.82) is 0 Å². The van der Waals surface area contributed by atoms with Crippen LogP contribution in [-0.2, 0) is 0 Å². The molecule has 8 N–H and O–H groups in total. The van der Waals surface area contributed by atoms with E-state index in [4.69, 9.17) is 22.9 Å². The molecule has 1 aliphatic rings. The predicted octanol–water partition coefficient (Wildman–Crippen LogP) is -0.143. The van der Waals surface area contributed by atoms with Crippen molar-refractivity contribution in [2.45, 2.75) is 50.7 Å². The van der Waals surface area contributed by atoms with Crippen molar-refractivity contribution in [2.24, 2.45) is 28.3 Å². The van der Waals surface area contributed by atoms with Crippen LogP contribution in [0, 0.1) is 5.41 Å². The Balaban J connectivity index is 2.45. The highest BCUT2D eigenvalue weighted by molar-refractivity contribution is 4.91. The molecule has 0 aromatic rings. The quantitative estimate of drug-likeness (QED) is 0.476. The maximum Gasteiger partial charge on any atom is 0.0637 e. The number of hydrogen-bond donors (Lipinski definition) is 4. The van der Waals surface area contributed by atoms with E-state index in [2.05, 4.69) is 6.92 Å². The second-order valence-corrected chi connectivity index (χ2v) is 5.24. The van der Waals surface area contributed by atoms with E-state index in [0.29, 0.717) is 12.0 Å². The minimum absolute atomic E-state index is 0.114. The highest BCUT2D eigenvalue weighted by Crippen LogP contribution is 2.40. The molecule has 84 valence electrons. The highest BCUT2D eigenvalue weighted by atomic mass is 15.0. The lowest BCUT2D eigenvalue weighted by atomic mass is 9.69. The zero-order chi connectivity index (χ0) is 10.8. The van der Waals surface area contributed by atoms with Gasteiger partial charge in [0.1, 0.15) is 0 Å². The molecule has 4 heteroatoms. The van der Waals surface area contributed by atoms with Gasteiger partial charge in [0, 0.05) is 12.6 Å². The molecule has 0 spiro atoms. The topological polar surface area (TPSA) is 104 Å². The molecule has 14 heavy (non-hydrogen) atoms. The normalized spacial score (nSPS) is 27.2. The first-order valence-electron chi connectivity index (χ1n) is 5.40. The summed E-state index contributed by atoms with van der Waals surface area (Å²) in [4.78, 5) is 0. The third kappa shape index (κ3) is 3.20. The first kappa shape index (κ1) is 11.9. The van der Waals surface area contributed by atoms with Crippen molar-refractivity contribution in [3.63, 3.8) is 0 Å². The summed E-state index contributed by atoms with van der Waals surface area (Å²) >= 11 is 0. The van der Waals surface area contributed by atoms with Crippen LogP contribution in [0.1, 0.15) is 39.0 Å². The molecule has 0 saturated heterocycles.